The molecule has 2 N–H and O–H groups in total. The van der Waals surface area contributed by atoms with Crippen molar-refractivity contribution >= 4 is 16.8 Å². The van der Waals surface area contributed by atoms with Crippen LogP contribution < -0.4 is 0 Å². The molecule has 0 spiro atoms. The van der Waals surface area contributed by atoms with Gasteiger partial charge in [-0.05, 0) is 55.7 Å². The van der Waals surface area contributed by atoms with Gasteiger partial charge in [-0.25, -0.2) is 0 Å². The molecule has 1 fully saturated rings. The second kappa shape index (κ2) is 7.18. The summed E-state index contributed by atoms with van der Waals surface area (Å²) in [5.41, 5.74) is 3.63. The minimum Gasteiger partial charge on any atom is -0.396 e. The van der Waals surface area contributed by atoms with Gasteiger partial charge in [-0.3, -0.25) is 4.79 Å². The minimum absolute atomic E-state index is 0.242. The normalized spacial score (nSPS) is 19.0. The van der Waals surface area contributed by atoms with E-state index in [1.165, 1.54) is 16.5 Å². The third-order valence-electron chi connectivity index (χ3n) is 5.06. The molecule has 0 aliphatic carbocycles. The number of H-pyrrole nitrogens is 1. The van der Waals surface area contributed by atoms with Crippen LogP contribution in [0.3, 0.4) is 0 Å². The summed E-state index contributed by atoms with van der Waals surface area (Å²) in [4.78, 5) is 17.8. The largest absolute Gasteiger partial charge is 0.396 e. The molecule has 0 bridgehead atoms. The predicted molar refractivity (Wildman–Crippen MR) is 92.4 cm³/mol. The molecule has 1 aliphatic rings. The lowest BCUT2D eigenvalue weighted by atomic mass is 10.0. The second-order valence-electron chi connectivity index (χ2n) is 6.67. The maximum Gasteiger partial charge on any atom is 0.222 e. The average Bonchev–Trinajstić information content (AvgIpc) is 2.83. The van der Waals surface area contributed by atoms with Crippen molar-refractivity contribution in [1.29, 1.82) is 0 Å². The van der Waals surface area contributed by atoms with Crippen molar-refractivity contribution < 1.29 is 9.90 Å². The van der Waals surface area contributed by atoms with E-state index in [2.05, 4.69) is 30.1 Å². The zero-order chi connectivity index (χ0) is 16.2. The Bertz CT molecular complexity index is 677. The number of aromatic nitrogens is 1. The predicted octanol–water partition coefficient (Wildman–Crippen LogP) is 3.03. The fourth-order valence-corrected chi connectivity index (χ4v) is 3.65. The Morgan fingerprint density at radius 2 is 2.22 bits per heavy atom. The van der Waals surface area contributed by atoms with E-state index in [1.807, 2.05) is 11.1 Å². The number of amides is 1. The number of hydrogen-bond donors (Lipinski definition) is 2. The fraction of sp³-hybridized carbons (Fsp3) is 0.526. The summed E-state index contributed by atoms with van der Waals surface area (Å²) in [5.74, 6) is 0.607. The summed E-state index contributed by atoms with van der Waals surface area (Å²) in [6.45, 7) is 3.99. The van der Waals surface area contributed by atoms with E-state index in [9.17, 15) is 9.90 Å². The van der Waals surface area contributed by atoms with Gasteiger partial charge < -0.3 is 15.0 Å². The summed E-state index contributed by atoms with van der Waals surface area (Å²) in [7, 11) is 0. The molecule has 1 atom stereocenters. The van der Waals surface area contributed by atoms with Crippen LogP contribution in [0.25, 0.3) is 10.9 Å². The number of carbonyl (C=O) groups is 1. The number of aromatic amines is 1. The van der Waals surface area contributed by atoms with Crippen molar-refractivity contribution in [2.75, 3.05) is 19.7 Å². The van der Waals surface area contributed by atoms with Gasteiger partial charge in [-0.1, -0.05) is 12.1 Å². The summed E-state index contributed by atoms with van der Waals surface area (Å²) in [6, 6.07) is 6.25. The molecular weight excluding hydrogens is 288 g/mol. The topological polar surface area (TPSA) is 56.3 Å². The van der Waals surface area contributed by atoms with Crippen molar-refractivity contribution in [2.24, 2.45) is 5.92 Å². The van der Waals surface area contributed by atoms with Gasteiger partial charge >= 0.3 is 0 Å². The first kappa shape index (κ1) is 16.1. The van der Waals surface area contributed by atoms with E-state index in [1.54, 1.807) is 0 Å². The zero-order valence-corrected chi connectivity index (χ0v) is 13.8. The Kier molecular flexibility index (Phi) is 5.01. The Hall–Kier alpha value is -1.81. The standard InChI is InChI=1S/C19H26N2O2/c1-14-4-2-6-17-19(14)16(12-20-17)7-8-18(23)21-10-3-5-15(13-22)9-11-21/h2,4,6,12,15,20,22H,3,5,7-11,13H2,1H3. The maximum absolute atomic E-state index is 12.5. The highest BCUT2D eigenvalue weighted by atomic mass is 16.3. The summed E-state index contributed by atoms with van der Waals surface area (Å²) in [5, 5.41) is 10.5. The highest BCUT2D eigenvalue weighted by Gasteiger charge is 2.20. The van der Waals surface area contributed by atoms with Gasteiger partial charge in [0.1, 0.15) is 0 Å². The Morgan fingerprint density at radius 1 is 1.35 bits per heavy atom. The third kappa shape index (κ3) is 3.58. The van der Waals surface area contributed by atoms with E-state index in [-0.39, 0.29) is 12.5 Å². The zero-order valence-electron chi connectivity index (χ0n) is 13.8. The van der Waals surface area contributed by atoms with Crippen molar-refractivity contribution in [3.63, 3.8) is 0 Å². The van der Waals surface area contributed by atoms with Gasteiger partial charge in [0.15, 0.2) is 0 Å². The van der Waals surface area contributed by atoms with E-state index < -0.39 is 0 Å². The molecule has 1 unspecified atom stereocenters. The van der Waals surface area contributed by atoms with Crippen LogP contribution in [0.15, 0.2) is 24.4 Å². The number of fused-ring (bicyclic) bond motifs is 1. The molecule has 0 saturated carbocycles. The molecule has 1 aromatic carbocycles. The number of benzene rings is 1. The first-order chi connectivity index (χ1) is 11.2. The number of rotatable bonds is 4. The molecule has 4 heteroatoms. The van der Waals surface area contributed by atoms with Crippen molar-refractivity contribution in [3.8, 4) is 0 Å². The van der Waals surface area contributed by atoms with E-state index >= 15 is 0 Å². The molecule has 124 valence electrons. The monoisotopic (exact) mass is 314 g/mol. The third-order valence-corrected chi connectivity index (χ3v) is 5.06. The molecule has 23 heavy (non-hydrogen) atoms. The van der Waals surface area contributed by atoms with Crippen molar-refractivity contribution in [1.82, 2.24) is 9.88 Å². The lowest BCUT2D eigenvalue weighted by Crippen LogP contribution is -2.32. The van der Waals surface area contributed by atoms with Crippen LogP contribution in [-0.2, 0) is 11.2 Å². The lowest BCUT2D eigenvalue weighted by Gasteiger charge is -2.20. The van der Waals surface area contributed by atoms with Crippen molar-refractivity contribution in [3.05, 3.63) is 35.5 Å². The molecule has 4 nitrogen and oxygen atoms in total. The van der Waals surface area contributed by atoms with Crippen LogP contribution in [0.1, 0.15) is 36.8 Å². The Morgan fingerprint density at radius 3 is 3.04 bits per heavy atom. The number of likely N-dealkylation sites (tertiary alicyclic amines) is 1. The number of aryl methyl sites for hydroxylation is 2. The fourth-order valence-electron chi connectivity index (χ4n) is 3.65. The van der Waals surface area contributed by atoms with Crippen molar-refractivity contribution in [2.45, 2.75) is 39.0 Å². The number of carbonyl (C=O) groups excluding carboxylic acids is 1. The molecule has 3 rings (SSSR count). The Balaban J connectivity index is 1.62. The molecule has 2 aromatic rings. The molecule has 1 amide bonds. The summed E-state index contributed by atoms with van der Waals surface area (Å²) >= 11 is 0. The number of aliphatic hydroxyl groups is 1. The number of nitrogens with zero attached hydrogens (tertiary/aromatic N) is 1. The van der Waals surface area contributed by atoms with Crippen LogP contribution in [-0.4, -0.2) is 40.6 Å². The molecule has 1 saturated heterocycles. The van der Waals surface area contributed by atoms with Gasteiger partial charge in [0.05, 0.1) is 0 Å². The Labute approximate surface area is 137 Å². The minimum atomic E-state index is 0.242. The van der Waals surface area contributed by atoms with Crippen LogP contribution in [0.5, 0.6) is 0 Å². The van der Waals surface area contributed by atoms with Gasteiger partial charge in [-0.2, -0.15) is 0 Å². The number of aliphatic hydroxyl groups excluding tert-OH is 1. The summed E-state index contributed by atoms with van der Waals surface area (Å²) < 4.78 is 0. The second-order valence-corrected chi connectivity index (χ2v) is 6.67. The average molecular weight is 314 g/mol. The van der Waals surface area contributed by atoms with E-state index in [0.29, 0.717) is 12.3 Å². The smallest absolute Gasteiger partial charge is 0.222 e. The molecule has 2 heterocycles. The molecule has 0 radical (unpaired) electrons. The van der Waals surface area contributed by atoms with Gasteiger partial charge in [0.2, 0.25) is 5.91 Å². The summed E-state index contributed by atoms with van der Waals surface area (Å²) in [6.07, 6.45) is 6.34. The lowest BCUT2D eigenvalue weighted by molar-refractivity contribution is -0.131. The van der Waals surface area contributed by atoms with Gasteiger partial charge in [0, 0.05) is 43.2 Å². The SMILES string of the molecule is Cc1cccc2[nH]cc(CCC(=O)N3CCCC(CO)CC3)c12. The highest BCUT2D eigenvalue weighted by molar-refractivity contribution is 5.87. The first-order valence-electron chi connectivity index (χ1n) is 8.63. The van der Waals surface area contributed by atoms with Crippen LogP contribution in [0.2, 0.25) is 0 Å². The first-order valence-corrected chi connectivity index (χ1v) is 8.63. The quantitative estimate of drug-likeness (QED) is 0.911. The van der Waals surface area contributed by atoms with Gasteiger partial charge in [0.25, 0.3) is 0 Å². The molecule has 1 aliphatic heterocycles. The highest BCUT2D eigenvalue weighted by Crippen LogP contribution is 2.24. The number of nitrogens with one attached hydrogen (secondary N) is 1. The molecule has 1 aromatic heterocycles. The van der Waals surface area contributed by atoms with Gasteiger partial charge in [-0.15, -0.1) is 0 Å². The van der Waals surface area contributed by atoms with E-state index in [0.717, 1.165) is 44.3 Å². The van der Waals surface area contributed by atoms with Crippen LogP contribution >= 0.6 is 0 Å². The van der Waals surface area contributed by atoms with Crippen LogP contribution in [0, 0.1) is 12.8 Å². The number of hydrogen-bond acceptors (Lipinski definition) is 2. The van der Waals surface area contributed by atoms with E-state index in [4.69, 9.17) is 0 Å². The maximum atomic E-state index is 12.5. The van der Waals surface area contributed by atoms with Crippen LogP contribution in [0.4, 0.5) is 0 Å². The molecular formula is C19H26N2O2.